The van der Waals surface area contributed by atoms with Gasteiger partial charge in [-0.15, -0.1) is 6.58 Å². The molecule has 0 radical (unpaired) electrons. The standard InChI is InChI=1S/C17H20N4O2/c1-4-9-18-17(22)14-10-16(20-11-19-14)21-13-7-5-6-8-15(13)23-12(2)3/h4-8,10-12H,1,9H2,2-3H3,(H,18,22)(H,19,20,21). The minimum absolute atomic E-state index is 0.0589. The van der Waals surface area contributed by atoms with Gasteiger partial charge in [0.1, 0.15) is 23.6 Å². The summed E-state index contributed by atoms with van der Waals surface area (Å²) in [6, 6.07) is 9.15. The molecule has 0 atom stereocenters. The molecular weight excluding hydrogens is 292 g/mol. The first kappa shape index (κ1) is 16.5. The molecule has 0 aliphatic carbocycles. The SMILES string of the molecule is C=CCNC(=O)c1cc(Nc2ccccc2OC(C)C)ncn1. The van der Waals surface area contributed by atoms with E-state index in [4.69, 9.17) is 4.74 Å². The molecule has 1 heterocycles. The molecule has 0 fully saturated rings. The third kappa shape index (κ3) is 4.81. The average Bonchev–Trinajstić information content (AvgIpc) is 2.54. The van der Waals surface area contributed by atoms with E-state index in [0.717, 1.165) is 11.4 Å². The summed E-state index contributed by atoms with van der Waals surface area (Å²) in [5, 5.41) is 5.83. The van der Waals surface area contributed by atoms with Crippen molar-refractivity contribution in [2.24, 2.45) is 0 Å². The number of hydrogen-bond donors (Lipinski definition) is 2. The van der Waals surface area contributed by atoms with Crippen molar-refractivity contribution in [1.29, 1.82) is 0 Å². The predicted octanol–water partition coefficient (Wildman–Crippen LogP) is 2.92. The smallest absolute Gasteiger partial charge is 0.270 e. The van der Waals surface area contributed by atoms with Crippen LogP contribution >= 0.6 is 0 Å². The summed E-state index contributed by atoms with van der Waals surface area (Å²) in [7, 11) is 0. The molecule has 2 N–H and O–H groups in total. The molecule has 120 valence electrons. The first-order valence-electron chi connectivity index (χ1n) is 7.34. The lowest BCUT2D eigenvalue weighted by Crippen LogP contribution is -2.24. The van der Waals surface area contributed by atoms with Crippen LogP contribution in [0.25, 0.3) is 0 Å². The fourth-order valence-corrected chi connectivity index (χ4v) is 1.87. The van der Waals surface area contributed by atoms with Crippen LogP contribution in [-0.2, 0) is 0 Å². The second-order valence-corrected chi connectivity index (χ2v) is 5.07. The van der Waals surface area contributed by atoms with Crippen LogP contribution in [0.2, 0.25) is 0 Å². The van der Waals surface area contributed by atoms with E-state index in [1.54, 1.807) is 12.1 Å². The van der Waals surface area contributed by atoms with Gasteiger partial charge in [0, 0.05) is 12.6 Å². The summed E-state index contributed by atoms with van der Waals surface area (Å²) in [5.41, 5.74) is 1.06. The molecule has 1 aromatic heterocycles. The molecule has 0 saturated carbocycles. The number of hydrogen-bond acceptors (Lipinski definition) is 5. The van der Waals surface area contributed by atoms with Gasteiger partial charge in [-0.05, 0) is 26.0 Å². The maximum atomic E-state index is 11.9. The number of rotatable bonds is 7. The zero-order valence-electron chi connectivity index (χ0n) is 13.2. The molecule has 1 amide bonds. The van der Waals surface area contributed by atoms with Crippen LogP contribution in [0.1, 0.15) is 24.3 Å². The highest BCUT2D eigenvalue weighted by atomic mass is 16.5. The first-order valence-corrected chi connectivity index (χ1v) is 7.34. The second-order valence-electron chi connectivity index (χ2n) is 5.07. The second kappa shape index (κ2) is 7.93. The minimum Gasteiger partial charge on any atom is -0.489 e. The van der Waals surface area contributed by atoms with E-state index in [-0.39, 0.29) is 17.7 Å². The number of carbonyl (C=O) groups is 1. The number of carbonyl (C=O) groups excluding carboxylic acids is 1. The Morgan fingerprint density at radius 3 is 2.87 bits per heavy atom. The van der Waals surface area contributed by atoms with E-state index in [9.17, 15) is 4.79 Å². The zero-order valence-corrected chi connectivity index (χ0v) is 13.2. The molecule has 0 bridgehead atoms. The molecule has 0 aliphatic heterocycles. The molecule has 0 saturated heterocycles. The van der Waals surface area contributed by atoms with Crippen molar-refractivity contribution in [3.63, 3.8) is 0 Å². The Bertz CT molecular complexity index is 686. The number of nitrogens with one attached hydrogen (secondary N) is 2. The molecule has 0 aliphatic rings. The Morgan fingerprint density at radius 1 is 1.35 bits per heavy atom. The van der Waals surface area contributed by atoms with Crippen LogP contribution in [0, 0.1) is 0 Å². The van der Waals surface area contributed by atoms with Crippen molar-refractivity contribution >= 4 is 17.4 Å². The number of para-hydroxylation sites is 2. The number of anilines is 2. The van der Waals surface area contributed by atoms with E-state index in [0.29, 0.717) is 12.4 Å². The van der Waals surface area contributed by atoms with Gasteiger partial charge >= 0.3 is 0 Å². The number of aromatic nitrogens is 2. The van der Waals surface area contributed by atoms with E-state index in [2.05, 4.69) is 27.2 Å². The van der Waals surface area contributed by atoms with Crippen LogP contribution in [0.4, 0.5) is 11.5 Å². The number of ether oxygens (including phenoxy) is 1. The lowest BCUT2D eigenvalue weighted by molar-refractivity contribution is 0.0953. The Hall–Kier alpha value is -2.89. The fraction of sp³-hybridized carbons (Fsp3) is 0.235. The highest BCUT2D eigenvalue weighted by Gasteiger charge is 2.10. The predicted molar refractivity (Wildman–Crippen MR) is 90.1 cm³/mol. The van der Waals surface area contributed by atoms with Gasteiger partial charge in [0.05, 0.1) is 11.8 Å². The topological polar surface area (TPSA) is 76.1 Å². The number of nitrogens with zero attached hydrogens (tertiary/aromatic N) is 2. The number of benzene rings is 1. The zero-order chi connectivity index (χ0) is 16.7. The maximum absolute atomic E-state index is 11.9. The number of amides is 1. The summed E-state index contributed by atoms with van der Waals surface area (Å²) in [6.07, 6.45) is 3.01. The maximum Gasteiger partial charge on any atom is 0.270 e. The Labute approximate surface area is 135 Å². The molecule has 23 heavy (non-hydrogen) atoms. The molecule has 2 aromatic rings. The molecule has 6 nitrogen and oxygen atoms in total. The summed E-state index contributed by atoms with van der Waals surface area (Å²) < 4.78 is 5.75. The van der Waals surface area contributed by atoms with Gasteiger partial charge in [-0.25, -0.2) is 9.97 Å². The Balaban J connectivity index is 2.18. The quantitative estimate of drug-likeness (QED) is 0.769. The van der Waals surface area contributed by atoms with Crippen LogP contribution in [-0.4, -0.2) is 28.5 Å². The first-order chi connectivity index (χ1) is 11.1. The molecule has 1 aromatic carbocycles. The highest BCUT2D eigenvalue weighted by molar-refractivity contribution is 5.93. The van der Waals surface area contributed by atoms with Crippen LogP contribution < -0.4 is 15.4 Å². The molecule has 0 spiro atoms. The van der Waals surface area contributed by atoms with Crippen molar-refractivity contribution < 1.29 is 9.53 Å². The van der Waals surface area contributed by atoms with E-state index in [1.807, 2.05) is 38.1 Å². The van der Waals surface area contributed by atoms with Crippen molar-refractivity contribution in [2.75, 3.05) is 11.9 Å². The molecule has 2 rings (SSSR count). The molecular formula is C17H20N4O2. The van der Waals surface area contributed by atoms with Crippen LogP contribution in [0.5, 0.6) is 5.75 Å². The average molecular weight is 312 g/mol. The van der Waals surface area contributed by atoms with Crippen molar-refractivity contribution in [1.82, 2.24) is 15.3 Å². The Morgan fingerprint density at radius 2 is 2.13 bits per heavy atom. The van der Waals surface area contributed by atoms with E-state index < -0.39 is 0 Å². The summed E-state index contributed by atoms with van der Waals surface area (Å²) in [5.74, 6) is 0.962. The van der Waals surface area contributed by atoms with Crippen LogP contribution in [0.3, 0.4) is 0 Å². The van der Waals surface area contributed by atoms with E-state index in [1.165, 1.54) is 6.33 Å². The third-order valence-electron chi connectivity index (χ3n) is 2.82. The lowest BCUT2D eigenvalue weighted by Gasteiger charge is -2.15. The van der Waals surface area contributed by atoms with Crippen molar-refractivity contribution in [2.45, 2.75) is 20.0 Å². The van der Waals surface area contributed by atoms with E-state index >= 15 is 0 Å². The highest BCUT2D eigenvalue weighted by Crippen LogP contribution is 2.27. The van der Waals surface area contributed by atoms with Gasteiger partial charge in [-0.1, -0.05) is 18.2 Å². The van der Waals surface area contributed by atoms with Gasteiger partial charge < -0.3 is 15.4 Å². The minimum atomic E-state index is -0.276. The van der Waals surface area contributed by atoms with Gasteiger partial charge in [0.25, 0.3) is 5.91 Å². The van der Waals surface area contributed by atoms with Crippen LogP contribution in [0.15, 0.2) is 49.3 Å². The molecule has 6 heteroatoms. The van der Waals surface area contributed by atoms with Crippen molar-refractivity contribution in [3.05, 3.63) is 55.0 Å². The third-order valence-corrected chi connectivity index (χ3v) is 2.82. The van der Waals surface area contributed by atoms with Gasteiger partial charge in [0.2, 0.25) is 0 Å². The summed E-state index contributed by atoms with van der Waals surface area (Å²) in [6.45, 7) is 7.87. The van der Waals surface area contributed by atoms with Gasteiger partial charge in [-0.3, -0.25) is 4.79 Å². The summed E-state index contributed by atoms with van der Waals surface area (Å²) in [4.78, 5) is 20.0. The van der Waals surface area contributed by atoms with Gasteiger partial charge in [-0.2, -0.15) is 0 Å². The monoisotopic (exact) mass is 312 g/mol. The largest absolute Gasteiger partial charge is 0.489 e. The summed E-state index contributed by atoms with van der Waals surface area (Å²) >= 11 is 0. The van der Waals surface area contributed by atoms with Gasteiger partial charge in [0.15, 0.2) is 0 Å². The fourth-order valence-electron chi connectivity index (χ4n) is 1.87. The lowest BCUT2D eigenvalue weighted by atomic mass is 10.2. The Kier molecular flexibility index (Phi) is 5.68. The normalized spacial score (nSPS) is 10.2. The van der Waals surface area contributed by atoms with Crippen molar-refractivity contribution in [3.8, 4) is 5.75 Å². The molecule has 0 unspecified atom stereocenters.